The monoisotopic (exact) mass is 474 g/mol. The van der Waals surface area contributed by atoms with Crippen molar-refractivity contribution in [1.29, 1.82) is 0 Å². The van der Waals surface area contributed by atoms with Crippen molar-refractivity contribution in [3.8, 4) is 23.0 Å². The molecule has 0 heterocycles. The molecule has 0 spiro atoms. The van der Waals surface area contributed by atoms with Crippen LogP contribution in [0.5, 0.6) is 23.0 Å². The minimum absolute atomic E-state index is 0.00488. The van der Waals surface area contributed by atoms with Crippen molar-refractivity contribution in [3.05, 3.63) is 64.5 Å². The fourth-order valence-electron chi connectivity index (χ4n) is 3.12. The Labute approximate surface area is 199 Å². The zero-order valence-corrected chi connectivity index (χ0v) is 20.4. The van der Waals surface area contributed by atoms with Gasteiger partial charge in [-0.25, -0.2) is 4.39 Å². The van der Waals surface area contributed by atoms with Gasteiger partial charge in [-0.15, -0.1) is 0 Å². The molecule has 0 saturated heterocycles. The molecule has 7 nitrogen and oxygen atoms in total. The molecule has 0 aliphatic carbocycles. The number of halogens is 1. The number of ketones is 1. The van der Waals surface area contributed by atoms with Gasteiger partial charge >= 0.3 is 0 Å². The van der Waals surface area contributed by atoms with Crippen LogP contribution in [0.3, 0.4) is 0 Å². The van der Waals surface area contributed by atoms with Crippen molar-refractivity contribution in [2.45, 2.75) is 20.3 Å². The minimum Gasteiger partial charge on any atom is -0.496 e. The smallest absolute Gasteiger partial charge is 0.193 e. The standard InChI is InChI=1S/C26H31FO7/c1-17(2)7-10-19-23(33-15-29-3)14-24(32-6)25(26(19)34-16-30-4)21(28)11-8-18-9-12-22(31-5)20(27)13-18/h7-9,11-14H,10,15-16H2,1-6H3/b11-8+. The molecule has 0 radical (unpaired) electrons. The van der Waals surface area contributed by atoms with Crippen molar-refractivity contribution < 1.29 is 37.6 Å². The molecule has 184 valence electrons. The average Bonchev–Trinajstić information content (AvgIpc) is 2.83. The highest BCUT2D eigenvalue weighted by Crippen LogP contribution is 2.41. The Morgan fingerprint density at radius 2 is 1.59 bits per heavy atom. The summed E-state index contributed by atoms with van der Waals surface area (Å²) in [5, 5.41) is 0. The van der Waals surface area contributed by atoms with E-state index in [1.807, 2.05) is 19.9 Å². The largest absolute Gasteiger partial charge is 0.496 e. The predicted molar refractivity (Wildman–Crippen MR) is 127 cm³/mol. The number of hydrogen-bond acceptors (Lipinski definition) is 7. The second-order valence-corrected chi connectivity index (χ2v) is 7.44. The van der Waals surface area contributed by atoms with Gasteiger partial charge < -0.3 is 28.4 Å². The van der Waals surface area contributed by atoms with E-state index in [0.717, 1.165) is 5.57 Å². The Morgan fingerprint density at radius 1 is 0.912 bits per heavy atom. The first-order valence-electron chi connectivity index (χ1n) is 10.5. The lowest BCUT2D eigenvalue weighted by molar-refractivity contribution is 0.0441. The molecule has 0 aliphatic rings. The maximum absolute atomic E-state index is 14.0. The molecule has 2 aromatic rings. The van der Waals surface area contributed by atoms with E-state index in [9.17, 15) is 9.18 Å². The predicted octanol–water partition coefficient (Wildman–Crippen LogP) is 5.21. The van der Waals surface area contributed by atoms with E-state index in [4.69, 9.17) is 28.4 Å². The quantitative estimate of drug-likeness (QED) is 0.171. The molecule has 0 fully saturated rings. The van der Waals surface area contributed by atoms with Crippen molar-refractivity contribution in [1.82, 2.24) is 0 Å². The molecule has 2 rings (SSSR count). The summed E-state index contributed by atoms with van der Waals surface area (Å²) in [4.78, 5) is 13.3. The van der Waals surface area contributed by atoms with E-state index in [1.54, 1.807) is 12.1 Å². The number of methoxy groups -OCH3 is 4. The second kappa shape index (κ2) is 13.4. The van der Waals surface area contributed by atoms with Gasteiger partial charge in [-0.3, -0.25) is 4.79 Å². The highest BCUT2D eigenvalue weighted by atomic mass is 19.1. The third-order valence-electron chi connectivity index (χ3n) is 4.74. The molecular formula is C26H31FO7. The second-order valence-electron chi connectivity index (χ2n) is 7.44. The Kier molecular flexibility index (Phi) is 10.6. The highest BCUT2D eigenvalue weighted by molar-refractivity contribution is 6.11. The molecule has 0 amide bonds. The van der Waals surface area contributed by atoms with Crippen molar-refractivity contribution in [3.63, 3.8) is 0 Å². The number of rotatable bonds is 13. The summed E-state index contributed by atoms with van der Waals surface area (Å²) < 4.78 is 46.2. The van der Waals surface area contributed by atoms with E-state index in [2.05, 4.69) is 0 Å². The van der Waals surface area contributed by atoms with E-state index >= 15 is 0 Å². The van der Waals surface area contributed by atoms with E-state index in [1.165, 1.54) is 52.7 Å². The van der Waals surface area contributed by atoms with Crippen LogP contribution >= 0.6 is 0 Å². The first kappa shape index (κ1) is 26.9. The molecule has 2 aromatic carbocycles. The van der Waals surface area contributed by atoms with Gasteiger partial charge in [-0.05, 0) is 44.0 Å². The lowest BCUT2D eigenvalue weighted by Crippen LogP contribution is -2.12. The molecule has 8 heteroatoms. The Hall–Kier alpha value is -3.36. The van der Waals surface area contributed by atoms with Gasteiger partial charge in [-0.2, -0.15) is 0 Å². The van der Waals surface area contributed by atoms with Gasteiger partial charge in [0.1, 0.15) is 22.8 Å². The Bertz CT molecular complexity index is 1040. The molecule has 34 heavy (non-hydrogen) atoms. The van der Waals surface area contributed by atoms with Crippen LogP contribution < -0.4 is 18.9 Å². The summed E-state index contributed by atoms with van der Waals surface area (Å²) >= 11 is 0. The summed E-state index contributed by atoms with van der Waals surface area (Å²) in [6.45, 7) is 3.85. The maximum atomic E-state index is 14.0. The number of carbonyl (C=O) groups is 1. The van der Waals surface area contributed by atoms with Crippen LogP contribution in [0.4, 0.5) is 4.39 Å². The number of ether oxygens (including phenoxy) is 6. The molecule has 0 aromatic heterocycles. The summed E-state index contributed by atoms with van der Waals surface area (Å²) in [5.74, 6) is 0.198. The topological polar surface area (TPSA) is 72.5 Å². The molecule has 0 bridgehead atoms. The van der Waals surface area contributed by atoms with Crippen LogP contribution in [0.25, 0.3) is 6.08 Å². The summed E-state index contributed by atoms with van der Waals surface area (Å²) in [6, 6.07) is 6.05. The average molecular weight is 475 g/mol. The van der Waals surface area contributed by atoms with Crippen LogP contribution in [0, 0.1) is 5.82 Å². The van der Waals surface area contributed by atoms with Gasteiger partial charge in [0.25, 0.3) is 0 Å². The van der Waals surface area contributed by atoms with Gasteiger partial charge in [-0.1, -0.05) is 23.8 Å². The highest BCUT2D eigenvalue weighted by Gasteiger charge is 2.25. The molecule has 0 saturated carbocycles. The summed E-state index contributed by atoms with van der Waals surface area (Å²) in [7, 11) is 5.83. The van der Waals surface area contributed by atoms with Crippen LogP contribution in [0.15, 0.2) is 42.0 Å². The number of benzene rings is 2. The van der Waals surface area contributed by atoms with E-state index < -0.39 is 11.6 Å². The van der Waals surface area contributed by atoms with Gasteiger partial charge in [0, 0.05) is 25.8 Å². The van der Waals surface area contributed by atoms with E-state index in [-0.39, 0.29) is 36.4 Å². The van der Waals surface area contributed by atoms with Crippen LogP contribution in [-0.4, -0.2) is 47.8 Å². The molecule has 0 N–H and O–H groups in total. The summed E-state index contributed by atoms with van der Waals surface area (Å²) in [5.41, 5.74) is 2.42. The number of hydrogen-bond donors (Lipinski definition) is 0. The zero-order chi connectivity index (χ0) is 25.1. The maximum Gasteiger partial charge on any atom is 0.193 e. The molecular weight excluding hydrogens is 443 g/mol. The third kappa shape index (κ3) is 7.07. The number of allylic oxidation sites excluding steroid dienone is 3. The Balaban J connectivity index is 2.60. The van der Waals surface area contributed by atoms with Gasteiger partial charge in [0.05, 0.1) is 14.2 Å². The fraction of sp³-hybridized carbons (Fsp3) is 0.346. The fourth-order valence-corrected chi connectivity index (χ4v) is 3.12. The minimum atomic E-state index is -0.526. The molecule has 0 aliphatic heterocycles. The van der Waals surface area contributed by atoms with Crippen molar-refractivity contribution >= 4 is 11.9 Å². The lowest BCUT2D eigenvalue weighted by atomic mass is 9.99. The normalized spacial score (nSPS) is 10.8. The van der Waals surface area contributed by atoms with Crippen molar-refractivity contribution in [2.24, 2.45) is 0 Å². The number of carbonyl (C=O) groups excluding carboxylic acids is 1. The van der Waals surface area contributed by atoms with Crippen LogP contribution in [-0.2, 0) is 15.9 Å². The third-order valence-corrected chi connectivity index (χ3v) is 4.74. The summed E-state index contributed by atoms with van der Waals surface area (Å²) in [6.07, 6.45) is 5.28. The first-order chi connectivity index (χ1) is 16.4. The van der Waals surface area contributed by atoms with Crippen molar-refractivity contribution in [2.75, 3.05) is 42.0 Å². The van der Waals surface area contributed by atoms with Crippen LogP contribution in [0.2, 0.25) is 0 Å². The van der Waals surface area contributed by atoms with Gasteiger partial charge in [0.15, 0.2) is 30.9 Å². The molecule has 0 atom stereocenters. The van der Waals surface area contributed by atoms with E-state index in [0.29, 0.717) is 23.3 Å². The van der Waals surface area contributed by atoms with Crippen LogP contribution in [0.1, 0.15) is 35.3 Å². The lowest BCUT2D eigenvalue weighted by Gasteiger charge is -2.20. The molecule has 0 unspecified atom stereocenters. The Morgan fingerprint density at radius 3 is 2.18 bits per heavy atom. The zero-order valence-electron chi connectivity index (χ0n) is 20.4. The SMILES string of the molecule is COCOc1cc(OC)c(C(=O)/C=C/c2ccc(OC)c(F)c2)c(OCOC)c1CC=C(C)C. The first-order valence-corrected chi connectivity index (χ1v) is 10.5. The van der Waals surface area contributed by atoms with Gasteiger partial charge in [0.2, 0.25) is 0 Å².